The van der Waals surface area contributed by atoms with Gasteiger partial charge in [0, 0.05) is 11.6 Å². The van der Waals surface area contributed by atoms with E-state index in [0.717, 1.165) is 11.1 Å². The van der Waals surface area contributed by atoms with E-state index in [2.05, 4.69) is 58.8 Å². The first kappa shape index (κ1) is 18.7. The SMILES string of the molecule is CCOC(=O)c1cc(-c2cc3c(cc2C)C(C)(C)CC(C)C3(C)C)on1. The van der Waals surface area contributed by atoms with Crippen LogP contribution in [0.1, 0.15) is 75.1 Å². The highest BCUT2D eigenvalue weighted by Crippen LogP contribution is 2.50. The summed E-state index contributed by atoms with van der Waals surface area (Å²) < 4.78 is 10.5. The first-order chi connectivity index (χ1) is 12.1. The minimum Gasteiger partial charge on any atom is -0.461 e. The lowest BCUT2D eigenvalue weighted by atomic mass is 9.58. The van der Waals surface area contributed by atoms with Crippen molar-refractivity contribution in [2.24, 2.45) is 5.92 Å². The van der Waals surface area contributed by atoms with Crippen molar-refractivity contribution >= 4 is 5.97 Å². The van der Waals surface area contributed by atoms with Gasteiger partial charge < -0.3 is 9.26 Å². The van der Waals surface area contributed by atoms with Crippen LogP contribution in [0.4, 0.5) is 0 Å². The molecule has 1 heterocycles. The molecule has 26 heavy (non-hydrogen) atoms. The number of nitrogens with zero attached hydrogens (tertiary/aromatic N) is 1. The van der Waals surface area contributed by atoms with Gasteiger partial charge in [0.05, 0.1) is 6.61 Å². The molecule has 0 N–H and O–H groups in total. The topological polar surface area (TPSA) is 52.3 Å². The normalized spacial score (nSPS) is 20.5. The second kappa shape index (κ2) is 6.26. The standard InChI is InChI=1S/C22H29NO3/c1-8-25-20(24)18-11-19(26-23-18)15-10-17-16(9-13(15)2)21(4,5)12-14(3)22(17,6)7/h9-11,14H,8,12H2,1-7H3. The molecule has 4 heteroatoms. The van der Waals surface area contributed by atoms with Crippen molar-refractivity contribution in [1.29, 1.82) is 0 Å². The van der Waals surface area contributed by atoms with E-state index < -0.39 is 5.97 Å². The molecule has 2 aromatic rings. The first-order valence-electron chi connectivity index (χ1n) is 9.37. The third kappa shape index (κ3) is 2.95. The number of fused-ring (bicyclic) bond motifs is 1. The van der Waals surface area contributed by atoms with Gasteiger partial charge >= 0.3 is 5.97 Å². The summed E-state index contributed by atoms with van der Waals surface area (Å²) in [6.45, 7) is 15.8. The summed E-state index contributed by atoms with van der Waals surface area (Å²) in [4.78, 5) is 11.9. The summed E-state index contributed by atoms with van der Waals surface area (Å²) in [5, 5.41) is 3.89. The molecule has 0 aliphatic heterocycles. The zero-order chi connectivity index (χ0) is 19.3. The van der Waals surface area contributed by atoms with Crippen molar-refractivity contribution in [3.05, 3.63) is 40.6 Å². The summed E-state index contributed by atoms with van der Waals surface area (Å²) in [7, 11) is 0. The van der Waals surface area contributed by atoms with Crippen molar-refractivity contribution < 1.29 is 14.1 Å². The Kier molecular flexibility index (Phi) is 4.50. The number of carbonyl (C=O) groups is 1. The first-order valence-corrected chi connectivity index (χ1v) is 9.37. The monoisotopic (exact) mass is 355 g/mol. The van der Waals surface area contributed by atoms with Crippen LogP contribution in [0.3, 0.4) is 0 Å². The number of rotatable bonds is 3. The predicted molar refractivity (Wildman–Crippen MR) is 102 cm³/mol. The lowest BCUT2D eigenvalue weighted by Gasteiger charge is -2.47. The molecule has 1 unspecified atom stereocenters. The Balaban J connectivity index is 2.12. The molecule has 0 saturated carbocycles. The van der Waals surface area contributed by atoms with Gasteiger partial charge in [-0.3, -0.25) is 0 Å². The van der Waals surface area contributed by atoms with Crippen LogP contribution in [0.2, 0.25) is 0 Å². The molecule has 0 bridgehead atoms. The second-order valence-electron chi connectivity index (χ2n) is 8.72. The smallest absolute Gasteiger partial charge is 0.360 e. The van der Waals surface area contributed by atoms with Crippen LogP contribution in [0.5, 0.6) is 0 Å². The zero-order valence-electron chi connectivity index (χ0n) is 16.9. The molecule has 140 valence electrons. The number of aromatic nitrogens is 1. The van der Waals surface area contributed by atoms with Crippen LogP contribution in [-0.2, 0) is 15.6 Å². The van der Waals surface area contributed by atoms with Gasteiger partial charge in [-0.25, -0.2) is 4.79 Å². The van der Waals surface area contributed by atoms with Crippen LogP contribution >= 0.6 is 0 Å². The number of esters is 1. The van der Waals surface area contributed by atoms with Crippen LogP contribution in [0.15, 0.2) is 22.7 Å². The fraction of sp³-hybridized carbons (Fsp3) is 0.545. The Morgan fingerprint density at radius 3 is 2.58 bits per heavy atom. The van der Waals surface area contributed by atoms with Gasteiger partial charge in [0.15, 0.2) is 11.5 Å². The largest absolute Gasteiger partial charge is 0.461 e. The average molecular weight is 355 g/mol. The van der Waals surface area contributed by atoms with Crippen LogP contribution in [0.25, 0.3) is 11.3 Å². The number of aryl methyl sites for hydroxylation is 1. The van der Waals surface area contributed by atoms with Gasteiger partial charge in [-0.2, -0.15) is 0 Å². The van der Waals surface area contributed by atoms with Gasteiger partial charge in [0.1, 0.15) is 0 Å². The maximum Gasteiger partial charge on any atom is 0.360 e. The zero-order valence-corrected chi connectivity index (χ0v) is 16.9. The van der Waals surface area contributed by atoms with Crippen LogP contribution in [-0.4, -0.2) is 17.7 Å². The minimum absolute atomic E-state index is 0.0807. The van der Waals surface area contributed by atoms with Crippen LogP contribution in [0, 0.1) is 12.8 Å². The lowest BCUT2D eigenvalue weighted by Crippen LogP contribution is -2.40. The Bertz CT molecular complexity index is 845. The minimum atomic E-state index is -0.451. The Hall–Kier alpha value is -2.10. The van der Waals surface area contributed by atoms with Gasteiger partial charge in [0.25, 0.3) is 0 Å². The molecule has 1 atom stereocenters. The number of hydrogen-bond donors (Lipinski definition) is 0. The highest BCUT2D eigenvalue weighted by Gasteiger charge is 2.42. The molecule has 3 rings (SSSR count). The van der Waals surface area contributed by atoms with E-state index in [9.17, 15) is 4.79 Å². The lowest BCUT2D eigenvalue weighted by molar-refractivity contribution is 0.0514. The molecule has 0 amide bonds. The molecule has 0 spiro atoms. The summed E-state index contributed by atoms with van der Waals surface area (Å²) in [5.74, 6) is 0.735. The average Bonchev–Trinajstić information content (AvgIpc) is 3.03. The maximum atomic E-state index is 11.9. The van der Waals surface area contributed by atoms with E-state index in [1.807, 2.05) is 0 Å². The third-order valence-corrected chi connectivity index (χ3v) is 6.10. The molecule has 1 aromatic carbocycles. The van der Waals surface area contributed by atoms with Crippen LogP contribution < -0.4 is 0 Å². The molecular weight excluding hydrogens is 326 g/mol. The van der Waals surface area contributed by atoms with Gasteiger partial charge in [-0.1, -0.05) is 45.8 Å². The predicted octanol–water partition coefficient (Wildman–Crippen LogP) is 5.42. The van der Waals surface area contributed by atoms with Gasteiger partial charge in [-0.05, 0) is 59.8 Å². The van der Waals surface area contributed by atoms with Gasteiger partial charge in [0.2, 0.25) is 0 Å². The molecule has 1 aliphatic rings. The Morgan fingerprint density at radius 2 is 1.92 bits per heavy atom. The highest BCUT2D eigenvalue weighted by molar-refractivity contribution is 5.88. The van der Waals surface area contributed by atoms with E-state index in [1.165, 1.54) is 17.5 Å². The van der Waals surface area contributed by atoms with E-state index in [-0.39, 0.29) is 16.5 Å². The number of carbonyl (C=O) groups excluding carboxylic acids is 1. The molecule has 1 aromatic heterocycles. The summed E-state index contributed by atoms with van der Waals surface area (Å²) in [6.07, 6.45) is 1.17. The second-order valence-corrected chi connectivity index (χ2v) is 8.72. The summed E-state index contributed by atoms with van der Waals surface area (Å²) in [6, 6.07) is 6.19. The molecule has 0 radical (unpaired) electrons. The maximum absolute atomic E-state index is 11.9. The molecular formula is C22H29NO3. The third-order valence-electron chi connectivity index (χ3n) is 6.10. The van der Waals surface area contributed by atoms with E-state index in [0.29, 0.717) is 18.3 Å². The quantitative estimate of drug-likeness (QED) is 0.690. The molecule has 4 nitrogen and oxygen atoms in total. The Morgan fingerprint density at radius 1 is 1.23 bits per heavy atom. The molecule has 0 fully saturated rings. The van der Waals surface area contributed by atoms with Crippen molar-refractivity contribution in [1.82, 2.24) is 5.16 Å². The Labute approximate surface area is 155 Å². The van der Waals surface area contributed by atoms with Crippen molar-refractivity contribution in [3.8, 4) is 11.3 Å². The van der Waals surface area contributed by atoms with E-state index in [4.69, 9.17) is 9.26 Å². The molecule has 0 saturated heterocycles. The fourth-order valence-electron chi connectivity index (χ4n) is 4.17. The number of ether oxygens (including phenoxy) is 1. The molecule has 1 aliphatic carbocycles. The number of benzene rings is 1. The van der Waals surface area contributed by atoms with Crippen molar-refractivity contribution in [3.63, 3.8) is 0 Å². The highest BCUT2D eigenvalue weighted by atomic mass is 16.5. The van der Waals surface area contributed by atoms with Crippen molar-refractivity contribution in [2.45, 2.75) is 65.7 Å². The van der Waals surface area contributed by atoms with Gasteiger partial charge in [-0.15, -0.1) is 0 Å². The summed E-state index contributed by atoms with van der Waals surface area (Å²) >= 11 is 0. The fourth-order valence-corrected chi connectivity index (χ4v) is 4.17. The summed E-state index contributed by atoms with van der Waals surface area (Å²) in [5.41, 5.74) is 5.33. The van der Waals surface area contributed by atoms with E-state index in [1.54, 1.807) is 13.0 Å². The van der Waals surface area contributed by atoms with Crippen molar-refractivity contribution in [2.75, 3.05) is 6.61 Å². The number of hydrogen-bond acceptors (Lipinski definition) is 4. The van der Waals surface area contributed by atoms with E-state index >= 15 is 0 Å².